The summed E-state index contributed by atoms with van der Waals surface area (Å²) in [6.45, 7) is 0. The van der Waals surface area contributed by atoms with Gasteiger partial charge >= 0.3 is 7.82 Å². The van der Waals surface area contributed by atoms with Gasteiger partial charge in [-0.1, -0.05) is 72.8 Å². The fourth-order valence-corrected chi connectivity index (χ4v) is 3.50. The van der Waals surface area contributed by atoms with Crippen LogP contribution in [0.2, 0.25) is 0 Å². The summed E-state index contributed by atoms with van der Waals surface area (Å²) in [6, 6.07) is 42.8. The van der Waals surface area contributed by atoms with Gasteiger partial charge in [0.1, 0.15) is 22.7 Å². The monoisotopic (exact) mass is 420 g/mol. The summed E-state index contributed by atoms with van der Waals surface area (Å²) in [5.41, 5.74) is 4.86. The molecule has 0 heterocycles. The maximum absolute atomic E-state index is 8.88. The maximum atomic E-state index is 8.88. The van der Waals surface area contributed by atoms with Gasteiger partial charge < -0.3 is 14.7 Å². The van der Waals surface area contributed by atoms with E-state index in [1.807, 2.05) is 0 Å². The molecule has 0 atom stereocenters. The van der Waals surface area contributed by atoms with E-state index in [0.717, 1.165) is 0 Å². The second-order valence-corrected chi connectivity index (χ2v) is 7.55. The summed E-state index contributed by atoms with van der Waals surface area (Å²) >= 11 is 0. The van der Waals surface area contributed by atoms with Crippen molar-refractivity contribution in [3.8, 4) is 0 Å². The molecular formula is C24H23NO4P+. The van der Waals surface area contributed by atoms with Gasteiger partial charge in [-0.2, -0.15) is 4.48 Å². The van der Waals surface area contributed by atoms with Gasteiger partial charge in [0.05, 0.1) is 0 Å². The number of hydrogen-bond acceptors (Lipinski definition) is 1. The Balaban J connectivity index is 0.000000461. The third-order valence-electron chi connectivity index (χ3n) is 4.57. The van der Waals surface area contributed by atoms with Crippen LogP contribution in [0.25, 0.3) is 0 Å². The molecule has 0 unspecified atom stereocenters. The van der Waals surface area contributed by atoms with Crippen LogP contribution >= 0.6 is 7.82 Å². The van der Waals surface area contributed by atoms with E-state index in [1.165, 1.54) is 22.7 Å². The van der Waals surface area contributed by atoms with Crippen molar-refractivity contribution in [2.75, 3.05) is 0 Å². The summed E-state index contributed by atoms with van der Waals surface area (Å²) in [5, 5.41) is 0. The van der Waals surface area contributed by atoms with E-state index in [1.54, 1.807) is 0 Å². The molecule has 30 heavy (non-hydrogen) atoms. The lowest BCUT2D eigenvalue weighted by molar-refractivity contribution is 0.275. The molecule has 6 heteroatoms. The van der Waals surface area contributed by atoms with Crippen molar-refractivity contribution in [1.29, 1.82) is 0 Å². The Morgan fingerprint density at radius 2 is 0.600 bits per heavy atom. The number of para-hydroxylation sites is 4. The van der Waals surface area contributed by atoms with Gasteiger partial charge in [0, 0.05) is 48.5 Å². The van der Waals surface area contributed by atoms with Crippen molar-refractivity contribution in [2.45, 2.75) is 0 Å². The molecule has 4 aromatic carbocycles. The molecule has 0 fully saturated rings. The lowest BCUT2D eigenvalue weighted by Crippen LogP contribution is -2.33. The predicted octanol–water partition coefficient (Wildman–Crippen LogP) is 6.06. The topological polar surface area (TPSA) is 77.8 Å². The van der Waals surface area contributed by atoms with Gasteiger partial charge in [0.25, 0.3) is 0 Å². The zero-order valence-corrected chi connectivity index (χ0v) is 17.1. The molecule has 0 saturated heterocycles. The van der Waals surface area contributed by atoms with Crippen LogP contribution < -0.4 is 4.48 Å². The average Bonchev–Trinajstić information content (AvgIpc) is 2.76. The molecule has 0 aromatic heterocycles. The zero-order chi connectivity index (χ0) is 21.5. The molecule has 0 radical (unpaired) electrons. The first-order valence-corrected chi connectivity index (χ1v) is 10.9. The molecule has 4 aromatic rings. The fraction of sp³-hybridized carbons (Fsp3) is 0. The van der Waals surface area contributed by atoms with Crippen molar-refractivity contribution < 1.29 is 19.2 Å². The van der Waals surface area contributed by atoms with Gasteiger partial charge in [-0.25, -0.2) is 4.57 Å². The third kappa shape index (κ3) is 5.10. The molecule has 152 valence electrons. The first-order chi connectivity index (χ1) is 14.4. The van der Waals surface area contributed by atoms with E-state index < -0.39 is 7.82 Å². The summed E-state index contributed by atoms with van der Waals surface area (Å²) in [7, 11) is -4.64. The minimum Gasteiger partial charge on any atom is -0.303 e. The van der Waals surface area contributed by atoms with Gasteiger partial charge in [0.2, 0.25) is 0 Å². The normalized spacial score (nSPS) is 11.3. The van der Waals surface area contributed by atoms with Crippen LogP contribution in [0.1, 0.15) is 0 Å². The van der Waals surface area contributed by atoms with Crippen molar-refractivity contribution in [3.05, 3.63) is 121 Å². The lowest BCUT2D eigenvalue weighted by atomic mass is 10.1. The average molecular weight is 420 g/mol. The first kappa shape index (κ1) is 21.7. The van der Waals surface area contributed by atoms with E-state index in [-0.39, 0.29) is 0 Å². The van der Waals surface area contributed by atoms with Gasteiger partial charge in [-0.05, 0) is 0 Å². The number of benzene rings is 4. The first-order valence-electron chi connectivity index (χ1n) is 9.32. The number of quaternary nitrogens is 1. The van der Waals surface area contributed by atoms with Crippen LogP contribution in [0.4, 0.5) is 22.7 Å². The molecule has 0 bridgehead atoms. The number of nitrogens with zero attached hydrogens (tertiary/aromatic N) is 1. The minimum atomic E-state index is -4.64. The molecule has 0 aliphatic rings. The number of phosphoric acid groups is 1. The lowest BCUT2D eigenvalue weighted by Gasteiger charge is -2.37. The molecule has 0 amide bonds. The standard InChI is InChI=1S/C24H20N.H3O4P/c1-5-13-21(14-6-1)25(22-15-7-2-8-16-22,23-17-9-3-10-18-23)24-19-11-4-12-20-24;1-5(2,3)4/h1-20H;(H3,1,2,3,4)/q+1;. The molecule has 0 saturated carbocycles. The summed E-state index contributed by atoms with van der Waals surface area (Å²) < 4.78 is 9.44. The van der Waals surface area contributed by atoms with E-state index in [9.17, 15) is 0 Å². The molecule has 3 N–H and O–H groups in total. The second-order valence-electron chi connectivity index (χ2n) is 6.53. The third-order valence-corrected chi connectivity index (χ3v) is 4.57. The highest BCUT2D eigenvalue weighted by Gasteiger charge is 2.38. The summed E-state index contributed by atoms with van der Waals surface area (Å²) in [6.07, 6.45) is 0. The van der Waals surface area contributed by atoms with Crippen LogP contribution in [0, 0.1) is 0 Å². The van der Waals surface area contributed by atoms with E-state index >= 15 is 0 Å². The highest BCUT2D eigenvalue weighted by Crippen LogP contribution is 2.50. The minimum absolute atomic E-state index is 0.559. The predicted molar refractivity (Wildman–Crippen MR) is 121 cm³/mol. The Kier molecular flexibility index (Phi) is 6.95. The van der Waals surface area contributed by atoms with Crippen LogP contribution in [-0.4, -0.2) is 14.7 Å². The SMILES string of the molecule is O=P(O)(O)O.c1ccc([N+](c2ccccc2)(c2ccccc2)c2ccccc2)cc1. The largest absolute Gasteiger partial charge is 0.466 e. The molecular weight excluding hydrogens is 397 g/mol. The zero-order valence-electron chi connectivity index (χ0n) is 16.2. The summed E-state index contributed by atoms with van der Waals surface area (Å²) in [4.78, 5) is 21.6. The molecule has 0 aliphatic carbocycles. The molecule has 0 spiro atoms. The highest BCUT2D eigenvalue weighted by molar-refractivity contribution is 7.45. The highest BCUT2D eigenvalue weighted by atomic mass is 31.2. The Hall–Kier alpha value is -3.05. The van der Waals surface area contributed by atoms with Crippen molar-refractivity contribution in [3.63, 3.8) is 0 Å². The maximum Gasteiger partial charge on any atom is 0.466 e. The Labute approximate surface area is 176 Å². The van der Waals surface area contributed by atoms with Crippen LogP contribution in [-0.2, 0) is 4.57 Å². The van der Waals surface area contributed by atoms with Crippen LogP contribution in [0.3, 0.4) is 0 Å². The fourth-order valence-electron chi connectivity index (χ4n) is 3.50. The van der Waals surface area contributed by atoms with E-state index in [0.29, 0.717) is 4.48 Å². The number of rotatable bonds is 4. The van der Waals surface area contributed by atoms with Gasteiger partial charge in [0.15, 0.2) is 0 Å². The number of hydrogen-bond donors (Lipinski definition) is 3. The molecule has 5 nitrogen and oxygen atoms in total. The van der Waals surface area contributed by atoms with E-state index in [2.05, 4.69) is 121 Å². The van der Waals surface area contributed by atoms with E-state index in [4.69, 9.17) is 19.2 Å². The second kappa shape index (κ2) is 9.63. The van der Waals surface area contributed by atoms with Crippen molar-refractivity contribution >= 4 is 30.6 Å². The van der Waals surface area contributed by atoms with Gasteiger partial charge in [-0.15, -0.1) is 0 Å². The quantitative estimate of drug-likeness (QED) is 0.277. The molecule has 4 rings (SSSR count). The Morgan fingerprint density at radius 1 is 0.433 bits per heavy atom. The van der Waals surface area contributed by atoms with Gasteiger partial charge in [-0.3, -0.25) is 0 Å². The van der Waals surface area contributed by atoms with Crippen molar-refractivity contribution in [1.82, 2.24) is 4.48 Å². The Morgan fingerprint density at radius 3 is 0.767 bits per heavy atom. The van der Waals surface area contributed by atoms with Crippen LogP contribution in [0.5, 0.6) is 0 Å². The van der Waals surface area contributed by atoms with Crippen LogP contribution in [0.15, 0.2) is 121 Å². The van der Waals surface area contributed by atoms with Crippen molar-refractivity contribution in [2.24, 2.45) is 0 Å². The smallest absolute Gasteiger partial charge is 0.303 e. The molecule has 0 aliphatic heterocycles. The summed E-state index contributed by atoms with van der Waals surface area (Å²) in [5.74, 6) is 0. The Bertz CT molecular complexity index is 913.